The highest BCUT2D eigenvalue weighted by molar-refractivity contribution is 7.99. The summed E-state index contributed by atoms with van der Waals surface area (Å²) in [5.74, 6) is 0. The predicted octanol–water partition coefficient (Wildman–Crippen LogP) is 4.08. The lowest BCUT2D eigenvalue weighted by molar-refractivity contribution is 0.249. The quantitative estimate of drug-likeness (QED) is 0.771. The van der Waals surface area contributed by atoms with Crippen LogP contribution >= 0.6 is 11.8 Å². The first kappa shape index (κ1) is 18.2. The molecule has 0 radical (unpaired) electrons. The van der Waals surface area contributed by atoms with Crippen molar-refractivity contribution in [2.75, 3.05) is 32.1 Å². The maximum Gasteiger partial charge on any atom is 0.192 e. The molecule has 0 unspecified atom stereocenters. The van der Waals surface area contributed by atoms with E-state index in [4.69, 9.17) is 0 Å². The fraction of sp³-hybridized carbons (Fsp3) is 0.500. The van der Waals surface area contributed by atoms with Crippen molar-refractivity contribution in [3.63, 3.8) is 0 Å². The minimum absolute atomic E-state index is 0.695. The van der Waals surface area contributed by atoms with Gasteiger partial charge in [0.15, 0.2) is 5.16 Å². The number of piperidine rings is 1. The van der Waals surface area contributed by atoms with Crippen LogP contribution < -0.4 is 4.90 Å². The van der Waals surface area contributed by atoms with Crippen LogP contribution in [0.25, 0.3) is 0 Å². The third-order valence-electron chi connectivity index (χ3n) is 4.81. The summed E-state index contributed by atoms with van der Waals surface area (Å²) in [6.45, 7) is 8.42. The first-order chi connectivity index (χ1) is 11.9. The lowest BCUT2D eigenvalue weighted by Gasteiger charge is -2.37. The largest absolute Gasteiger partial charge is 0.371 e. The Kier molecular flexibility index (Phi) is 5.64. The molecule has 3 rings (SSSR count). The Labute approximate surface area is 155 Å². The molecule has 1 saturated heterocycles. The molecule has 1 aromatic heterocycles. The van der Waals surface area contributed by atoms with Crippen LogP contribution in [0.2, 0.25) is 0 Å². The Hall–Kier alpha value is -1.59. The highest BCUT2D eigenvalue weighted by atomic mass is 32.2. The van der Waals surface area contributed by atoms with Gasteiger partial charge in [0.25, 0.3) is 0 Å². The van der Waals surface area contributed by atoms with E-state index in [1.807, 2.05) is 19.9 Å². The molecule has 1 fully saturated rings. The van der Waals surface area contributed by atoms with Gasteiger partial charge < -0.3 is 9.80 Å². The van der Waals surface area contributed by atoms with Crippen molar-refractivity contribution in [1.82, 2.24) is 14.9 Å². The van der Waals surface area contributed by atoms with Crippen LogP contribution in [0.3, 0.4) is 0 Å². The van der Waals surface area contributed by atoms with Crippen molar-refractivity contribution in [3.05, 3.63) is 41.2 Å². The van der Waals surface area contributed by atoms with Gasteiger partial charge in [-0.25, -0.2) is 9.97 Å². The summed E-state index contributed by atoms with van der Waals surface area (Å²) in [4.78, 5) is 15.3. The first-order valence-corrected chi connectivity index (χ1v) is 9.76. The third kappa shape index (κ3) is 4.53. The van der Waals surface area contributed by atoms with Crippen molar-refractivity contribution in [1.29, 1.82) is 0 Å². The topological polar surface area (TPSA) is 32.3 Å². The highest BCUT2D eigenvalue weighted by Gasteiger charge is 2.22. The molecule has 0 atom stereocenters. The van der Waals surface area contributed by atoms with Crippen molar-refractivity contribution in [2.45, 2.75) is 49.7 Å². The van der Waals surface area contributed by atoms with Gasteiger partial charge in [0.1, 0.15) is 0 Å². The smallest absolute Gasteiger partial charge is 0.192 e. The van der Waals surface area contributed by atoms with Crippen LogP contribution in [0.4, 0.5) is 5.69 Å². The minimum atomic E-state index is 0.695. The van der Waals surface area contributed by atoms with E-state index in [2.05, 4.69) is 59.0 Å². The number of hydrogen-bond acceptors (Lipinski definition) is 5. The normalized spacial score (nSPS) is 15.8. The molecule has 4 nitrogen and oxygen atoms in total. The zero-order valence-electron chi connectivity index (χ0n) is 15.9. The summed E-state index contributed by atoms with van der Waals surface area (Å²) in [5.41, 5.74) is 4.64. The lowest BCUT2D eigenvalue weighted by atomic mass is 10.0. The molecule has 0 aliphatic carbocycles. The maximum absolute atomic E-state index is 4.61. The van der Waals surface area contributed by atoms with Gasteiger partial charge in [-0.05, 0) is 83.2 Å². The number of anilines is 1. The second-order valence-electron chi connectivity index (χ2n) is 7.19. The zero-order chi connectivity index (χ0) is 18.0. The Balaban J connectivity index is 1.83. The summed E-state index contributed by atoms with van der Waals surface area (Å²) >= 11 is 1.68. The van der Waals surface area contributed by atoms with Crippen molar-refractivity contribution >= 4 is 17.4 Å². The van der Waals surface area contributed by atoms with Crippen molar-refractivity contribution in [3.8, 4) is 0 Å². The number of aryl methyl sites for hydroxylation is 3. The molecule has 1 aliphatic heterocycles. The Bertz CT molecular complexity index is 716. The maximum atomic E-state index is 4.61. The third-order valence-corrected chi connectivity index (χ3v) is 5.73. The molecule has 0 saturated carbocycles. The van der Waals surface area contributed by atoms with Gasteiger partial charge in [-0.3, -0.25) is 0 Å². The molecular formula is C20H28N4S. The van der Waals surface area contributed by atoms with Gasteiger partial charge >= 0.3 is 0 Å². The van der Waals surface area contributed by atoms with Gasteiger partial charge in [0, 0.05) is 35.4 Å². The Morgan fingerprint density at radius 1 is 1.00 bits per heavy atom. The van der Waals surface area contributed by atoms with Crippen LogP contribution in [0.5, 0.6) is 0 Å². The van der Waals surface area contributed by atoms with E-state index in [0.29, 0.717) is 6.04 Å². The lowest BCUT2D eigenvalue weighted by Crippen LogP contribution is -2.42. The minimum Gasteiger partial charge on any atom is -0.371 e. The van der Waals surface area contributed by atoms with Crippen LogP contribution in [-0.2, 0) is 0 Å². The molecule has 0 spiro atoms. The molecule has 1 aromatic carbocycles. The molecule has 5 heteroatoms. The van der Waals surface area contributed by atoms with Gasteiger partial charge in [-0.1, -0.05) is 6.07 Å². The standard InChI is InChI=1S/C20H28N4S/c1-14-6-7-18(24-10-8-17(9-11-24)23(4)5)19(12-14)25-20-21-15(2)13-16(3)22-20/h6-7,12-13,17H,8-11H2,1-5H3. The van der Waals surface area contributed by atoms with Crippen LogP contribution in [-0.4, -0.2) is 48.1 Å². The molecular weight excluding hydrogens is 328 g/mol. The summed E-state index contributed by atoms with van der Waals surface area (Å²) < 4.78 is 0. The van der Waals surface area contributed by atoms with E-state index >= 15 is 0 Å². The number of aromatic nitrogens is 2. The van der Waals surface area contributed by atoms with Gasteiger partial charge in [0.05, 0.1) is 5.69 Å². The molecule has 1 aliphatic rings. The SMILES string of the molecule is Cc1ccc(N2CCC(N(C)C)CC2)c(Sc2nc(C)cc(C)n2)c1. The van der Waals surface area contributed by atoms with E-state index in [1.54, 1.807) is 11.8 Å². The zero-order valence-corrected chi connectivity index (χ0v) is 16.7. The second-order valence-corrected chi connectivity index (χ2v) is 8.20. The van der Waals surface area contributed by atoms with E-state index in [0.717, 1.165) is 29.6 Å². The van der Waals surface area contributed by atoms with E-state index in [-0.39, 0.29) is 0 Å². The van der Waals surface area contributed by atoms with Crippen LogP contribution in [0.1, 0.15) is 29.8 Å². The highest BCUT2D eigenvalue weighted by Crippen LogP contribution is 2.36. The van der Waals surface area contributed by atoms with Crippen LogP contribution in [0.15, 0.2) is 34.3 Å². The molecule has 0 amide bonds. The number of benzene rings is 1. The molecule has 0 N–H and O–H groups in total. The average molecular weight is 357 g/mol. The fourth-order valence-corrected chi connectivity index (χ4v) is 4.55. The summed E-state index contributed by atoms with van der Waals surface area (Å²) in [6.07, 6.45) is 2.43. The average Bonchev–Trinajstić information content (AvgIpc) is 2.54. The van der Waals surface area contributed by atoms with E-state index in [9.17, 15) is 0 Å². The van der Waals surface area contributed by atoms with Crippen LogP contribution in [0, 0.1) is 20.8 Å². The Morgan fingerprint density at radius 2 is 1.64 bits per heavy atom. The number of rotatable bonds is 4. The molecule has 134 valence electrons. The van der Waals surface area contributed by atoms with E-state index < -0.39 is 0 Å². The second kappa shape index (κ2) is 7.75. The molecule has 25 heavy (non-hydrogen) atoms. The molecule has 0 bridgehead atoms. The van der Waals surface area contributed by atoms with Crippen molar-refractivity contribution in [2.24, 2.45) is 0 Å². The fourth-order valence-electron chi connectivity index (χ4n) is 3.43. The van der Waals surface area contributed by atoms with Gasteiger partial charge in [-0.2, -0.15) is 0 Å². The summed E-state index contributed by atoms with van der Waals surface area (Å²) in [6, 6.07) is 9.45. The monoisotopic (exact) mass is 356 g/mol. The predicted molar refractivity (Wildman–Crippen MR) is 106 cm³/mol. The number of hydrogen-bond donors (Lipinski definition) is 0. The van der Waals surface area contributed by atoms with Crippen molar-refractivity contribution < 1.29 is 0 Å². The molecule has 2 heterocycles. The van der Waals surface area contributed by atoms with Gasteiger partial charge in [-0.15, -0.1) is 0 Å². The van der Waals surface area contributed by atoms with E-state index in [1.165, 1.54) is 29.0 Å². The van der Waals surface area contributed by atoms with Gasteiger partial charge in [0.2, 0.25) is 0 Å². The first-order valence-electron chi connectivity index (χ1n) is 8.94. The number of nitrogens with zero attached hydrogens (tertiary/aromatic N) is 4. The summed E-state index contributed by atoms with van der Waals surface area (Å²) in [7, 11) is 4.37. The Morgan fingerprint density at radius 3 is 2.24 bits per heavy atom. The molecule has 2 aromatic rings. The summed E-state index contributed by atoms with van der Waals surface area (Å²) in [5, 5.41) is 0.840.